The fourth-order valence-corrected chi connectivity index (χ4v) is 3.32. The molecule has 2 aromatic heterocycles. The van der Waals surface area contributed by atoms with E-state index in [2.05, 4.69) is 10.1 Å². The van der Waals surface area contributed by atoms with E-state index in [1.165, 1.54) is 22.3 Å². The molecule has 0 saturated carbocycles. The second-order valence-electron chi connectivity index (χ2n) is 4.78. The maximum atomic E-state index is 12.5. The maximum absolute atomic E-state index is 12.5. The van der Waals surface area contributed by atoms with Crippen molar-refractivity contribution in [1.82, 2.24) is 9.66 Å². The van der Waals surface area contributed by atoms with Crippen molar-refractivity contribution in [2.24, 2.45) is 5.10 Å². The van der Waals surface area contributed by atoms with Gasteiger partial charge in [0, 0.05) is 4.88 Å². The summed E-state index contributed by atoms with van der Waals surface area (Å²) in [6.45, 7) is 3.90. The summed E-state index contributed by atoms with van der Waals surface area (Å²) in [5.41, 5.74) is 1.53. The van der Waals surface area contributed by atoms with E-state index in [1.807, 2.05) is 13.8 Å². The molecule has 2 heterocycles. The molecular weight excluding hydrogens is 341 g/mol. The van der Waals surface area contributed by atoms with Crippen LogP contribution in [-0.4, -0.2) is 15.9 Å². The summed E-state index contributed by atoms with van der Waals surface area (Å²) in [4.78, 5) is 18.6. The summed E-state index contributed by atoms with van der Waals surface area (Å²) in [6, 6.07) is 5.14. The van der Waals surface area contributed by atoms with Crippen molar-refractivity contribution in [3.63, 3.8) is 0 Å². The van der Waals surface area contributed by atoms with Crippen LogP contribution in [-0.2, 0) is 0 Å². The number of halogens is 2. The van der Waals surface area contributed by atoms with Crippen LogP contribution in [0.5, 0.6) is 0 Å². The van der Waals surface area contributed by atoms with Gasteiger partial charge in [0.25, 0.3) is 5.56 Å². The Kier molecular flexibility index (Phi) is 4.04. The highest BCUT2D eigenvalue weighted by Crippen LogP contribution is 2.25. The lowest BCUT2D eigenvalue weighted by atomic mass is 10.2. The Bertz CT molecular complexity index is 959. The van der Waals surface area contributed by atoms with Crippen LogP contribution in [0, 0.1) is 13.8 Å². The molecule has 112 valence electrons. The zero-order valence-corrected chi connectivity index (χ0v) is 14.1. The Labute approximate surface area is 140 Å². The van der Waals surface area contributed by atoms with Crippen LogP contribution in [0.1, 0.15) is 16.0 Å². The van der Waals surface area contributed by atoms with E-state index in [0.717, 1.165) is 20.8 Å². The van der Waals surface area contributed by atoms with E-state index < -0.39 is 0 Å². The molecule has 0 atom stereocenters. The van der Waals surface area contributed by atoms with Crippen LogP contribution in [0.4, 0.5) is 0 Å². The molecular formula is C15H11Cl2N3OS. The normalized spacial score (nSPS) is 11.6. The maximum Gasteiger partial charge on any atom is 0.282 e. The molecule has 0 aliphatic rings. The van der Waals surface area contributed by atoms with Crippen LogP contribution in [0.2, 0.25) is 10.0 Å². The molecule has 3 rings (SSSR count). The van der Waals surface area contributed by atoms with Gasteiger partial charge in [-0.1, -0.05) is 29.3 Å². The molecule has 0 bridgehead atoms. The SMILES string of the molecule is Cc1sc2ncn(N=Cc3ccc(Cl)c(Cl)c3)c(=O)c2c1C. The molecule has 0 unspecified atom stereocenters. The third-order valence-corrected chi connectivity index (χ3v) is 5.20. The molecule has 3 aromatic rings. The van der Waals surface area contributed by atoms with Crippen LogP contribution >= 0.6 is 34.5 Å². The molecule has 4 nitrogen and oxygen atoms in total. The smallest absolute Gasteiger partial charge is 0.267 e. The Morgan fingerprint density at radius 3 is 2.77 bits per heavy atom. The van der Waals surface area contributed by atoms with Gasteiger partial charge in [-0.3, -0.25) is 4.79 Å². The summed E-state index contributed by atoms with van der Waals surface area (Å²) in [5, 5.41) is 5.70. The van der Waals surface area contributed by atoms with Gasteiger partial charge in [-0.25, -0.2) is 4.98 Å². The van der Waals surface area contributed by atoms with Gasteiger partial charge in [0.2, 0.25) is 0 Å². The zero-order chi connectivity index (χ0) is 15.9. The number of rotatable bonds is 2. The minimum absolute atomic E-state index is 0.178. The Hall–Kier alpha value is -1.69. The van der Waals surface area contributed by atoms with Gasteiger partial charge >= 0.3 is 0 Å². The third-order valence-electron chi connectivity index (χ3n) is 3.35. The average molecular weight is 352 g/mol. The van der Waals surface area contributed by atoms with Crippen LogP contribution < -0.4 is 5.56 Å². The first-order valence-corrected chi connectivity index (χ1v) is 8.01. The molecule has 0 radical (unpaired) electrons. The first-order chi connectivity index (χ1) is 10.5. The lowest BCUT2D eigenvalue weighted by Gasteiger charge is -1.99. The quantitative estimate of drug-likeness (QED) is 0.647. The zero-order valence-electron chi connectivity index (χ0n) is 11.8. The average Bonchev–Trinajstić information content (AvgIpc) is 2.78. The number of aromatic nitrogens is 2. The number of hydrogen-bond acceptors (Lipinski definition) is 4. The number of nitrogens with zero attached hydrogens (tertiary/aromatic N) is 3. The van der Waals surface area contributed by atoms with E-state index in [-0.39, 0.29) is 5.56 Å². The summed E-state index contributed by atoms with van der Waals surface area (Å²) >= 11 is 13.3. The molecule has 0 fully saturated rings. The van der Waals surface area contributed by atoms with Crippen molar-refractivity contribution in [3.8, 4) is 0 Å². The Balaban J connectivity index is 2.05. The second kappa shape index (κ2) is 5.83. The number of fused-ring (bicyclic) bond motifs is 1. The van der Waals surface area contributed by atoms with Gasteiger partial charge in [0.05, 0.1) is 21.6 Å². The summed E-state index contributed by atoms with van der Waals surface area (Å²) in [7, 11) is 0. The van der Waals surface area contributed by atoms with E-state index in [4.69, 9.17) is 23.2 Å². The first kappa shape index (κ1) is 15.2. The standard InChI is InChI=1S/C15H11Cl2N3OS/c1-8-9(2)22-14-13(8)15(21)20(7-18-14)19-6-10-3-4-11(16)12(17)5-10/h3-7H,1-2H3. The van der Waals surface area contributed by atoms with Gasteiger partial charge in [-0.05, 0) is 37.1 Å². The highest BCUT2D eigenvalue weighted by molar-refractivity contribution is 7.18. The summed E-state index contributed by atoms with van der Waals surface area (Å²) in [5.74, 6) is 0. The predicted molar refractivity (Wildman–Crippen MR) is 92.8 cm³/mol. The molecule has 22 heavy (non-hydrogen) atoms. The number of hydrogen-bond donors (Lipinski definition) is 0. The van der Waals surface area contributed by atoms with Gasteiger partial charge in [-0.15, -0.1) is 11.3 Å². The Morgan fingerprint density at radius 2 is 2.05 bits per heavy atom. The predicted octanol–water partition coefficient (Wildman–Crippen LogP) is 4.26. The molecule has 7 heteroatoms. The van der Waals surface area contributed by atoms with Gasteiger partial charge in [0.1, 0.15) is 11.2 Å². The van der Waals surface area contributed by atoms with E-state index >= 15 is 0 Å². The minimum Gasteiger partial charge on any atom is -0.267 e. The van der Waals surface area contributed by atoms with E-state index in [1.54, 1.807) is 24.4 Å². The summed E-state index contributed by atoms with van der Waals surface area (Å²) in [6.07, 6.45) is 2.97. The van der Waals surface area contributed by atoms with Gasteiger partial charge in [-0.2, -0.15) is 9.78 Å². The molecule has 0 saturated heterocycles. The fourth-order valence-electron chi connectivity index (χ4n) is 2.03. The highest BCUT2D eigenvalue weighted by atomic mass is 35.5. The number of thiophene rings is 1. The molecule has 0 amide bonds. The first-order valence-electron chi connectivity index (χ1n) is 6.44. The minimum atomic E-state index is -0.178. The fraction of sp³-hybridized carbons (Fsp3) is 0.133. The van der Waals surface area contributed by atoms with Crippen LogP contribution in [0.15, 0.2) is 34.4 Å². The Morgan fingerprint density at radius 1 is 1.27 bits per heavy atom. The lowest BCUT2D eigenvalue weighted by molar-refractivity contribution is 0.818. The van der Waals surface area contributed by atoms with Crippen molar-refractivity contribution in [2.75, 3.05) is 0 Å². The summed E-state index contributed by atoms with van der Waals surface area (Å²) < 4.78 is 1.23. The lowest BCUT2D eigenvalue weighted by Crippen LogP contribution is -2.16. The molecule has 0 aliphatic heterocycles. The highest BCUT2D eigenvalue weighted by Gasteiger charge is 2.11. The van der Waals surface area contributed by atoms with Crippen molar-refractivity contribution in [1.29, 1.82) is 0 Å². The number of benzene rings is 1. The van der Waals surface area contributed by atoms with Crippen molar-refractivity contribution < 1.29 is 0 Å². The molecule has 0 N–H and O–H groups in total. The molecule has 1 aromatic carbocycles. The monoisotopic (exact) mass is 351 g/mol. The number of aryl methyl sites for hydroxylation is 2. The molecule has 0 aliphatic carbocycles. The van der Waals surface area contributed by atoms with Crippen LogP contribution in [0.3, 0.4) is 0 Å². The van der Waals surface area contributed by atoms with Crippen molar-refractivity contribution >= 4 is 51.0 Å². The van der Waals surface area contributed by atoms with Gasteiger partial charge in [0.15, 0.2) is 0 Å². The third kappa shape index (κ3) is 2.67. The van der Waals surface area contributed by atoms with Crippen molar-refractivity contribution in [2.45, 2.75) is 13.8 Å². The van der Waals surface area contributed by atoms with Crippen molar-refractivity contribution in [3.05, 3.63) is 60.9 Å². The van der Waals surface area contributed by atoms with E-state index in [9.17, 15) is 4.79 Å². The van der Waals surface area contributed by atoms with Crippen LogP contribution in [0.25, 0.3) is 10.2 Å². The molecule has 0 spiro atoms. The van der Waals surface area contributed by atoms with E-state index in [0.29, 0.717) is 15.4 Å². The largest absolute Gasteiger partial charge is 0.282 e. The van der Waals surface area contributed by atoms with Gasteiger partial charge < -0.3 is 0 Å². The topological polar surface area (TPSA) is 47.2 Å². The second-order valence-corrected chi connectivity index (χ2v) is 6.79.